The van der Waals surface area contributed by atoms with Crippen LogP contribution >= 0.6 is 0 Å². The molecule has 2 fully saturated rings. The van der Waals surface area contributed by atoms with Crippen molar-refractivity contribution in [2.45, 2.75) is 18.9 Å². The highest BCUT2D eigenvalue weighted by Gasteiger charge is 2.23. The number of benzene rings is 1. The highest BCUT2D eigenvalue weighted by Crippen LogP contribution is 2.25. The predicted molar refractivity (Wildman–Crippen MR) is 132 cm³/mol. The summed E-state index contributed by atoms with van der Waals surface area (Å²) in [5, 5.41) is 29.6. The Bertz CT molecular complexity index is 828. The average Bonchev–Trinajstić information content (AvgIpc) is 3.35. The number of carbonyl (C=O) groups is 4. The Morgan fingerprint density at radius 2 is 1.42 bits per heavy atom. The Balaban J connectivity index is 0.000000503. The number of para-hydroxylation sites is 2. The van der Waals surface area contributed by atoms with Crippen molar-refractivity contribution >= 4 is 23.9 Å². The number of methoxy groups -OCH3 is 1. The van der Waals surface area contributed by atoms with Crippen LogP contribution in [0.1, 0.15) is 12.8 Å². The van der Waals surface area contributed by atoms with Crippen LogP contribution in [-0.4, -0.2) is 133 Å². The molecule has 2 saturated heterocycles. The topological polar surface area (TPSA) is 193 Å². The first kappa shape index (κ1) is 32.6. The van der Waals surface area contributed by atoms with Crippen LogP contribution in [0.25, 0.3) is 0 Å². The molecule has 0 amide bonds. The molecular formula is C24H36N2O12. The Kier molecular flexibility index (Phi) is 16.1. The molecule has 1 aromatic carbocycles. The minimum absolute atomic E-state index is 0.381. The van der Waals surface area contributed by atoms with Crippen LogP contribution < -0.4 is 9.47 Å². The molecule has 0 bridgehead atoms. The normalized spacial score (nSPS) is 17.2. The molecule has 2 heterocycles. The molecule has 1 aromatic rings. The molecule has 0 saturated carbocycles. The monoisotopic (exact) mass is 544 g/mol. The van der Waals surface area contributed by atoms with Gasteiger partial charge in [-0.3, -0.25) is 4.90 Å². The Labute approximate surface area is 220 Å². The molecule has 14 heteroatoms. The third-order valence-corrected chi connectivity index (χ3v) is 5.41. The Morgan fingerprint density at radius 1 is 0.842 bits per heavy atom. The standard InChI is InChI=1S/C20H32N2O4.2C2H2O4/c1-23-19-5-2-3-6-20(19)26-13-4-8-22-9-7-18(17-22)25-16-12-21-10-14-24-15-11-21;2*3-1(4)2(5)6/h2-3,5-6,18H,4,7-17H2,1H3;2*(H,3,4)(H,5,6). The molecule has 0 aliphatic carbocycles. The van der Waals surface area contributed by atoms with Gasteiger partial charge in [0.05, 0.1) is 39.6 Å². The molecule has 2 aliphatic rings. The summed E-state index contributed by atoms with van der Waals surface area (Å²) in [5.41, 5.74) is 0. The largest absolute Gasteiger partial charge is 0.493 e. The summed E-state index contributed by atoms with van der Waals surface area (Å²) in [4.78, 5) is 41.3. The predicted octanol–water partition coefficient (Wildman–Crippen LogP) is 0.198. The number of hydrogen-bond donors (Lipinski definition) is 4. The summed E-state index contributed by atoms with van der Waals surface area (Å²) in [5.74, 6) is -5.68. The Hall–Kier alpha value is -3.46. The van der Waals surface area contributed by atoms with E-state index in [-0.39, 0.29) is 0 Å². The fourth-order valence-corrected chi connectivity index (χ4v) is 3.52. The van der Waals surface area contributed by atoms with Gasteiger partial charge in [-0.15, -0.1) is 0 Å². The van der Waals surface area contributed by atoms with Gasteiger partial charge in [0.15, 0.2) is 11.5 Å². The molecule has 4 N–H and O–H groups in total. The van der Waals surface area contributed by atoms with Gasteiger partial charge in [0.2, 0.25) is 0 Å². The minimum Gasteiger partial charge on any atom is -0.493 e. The summed E-state index contributed by atoms with van der Waals surface area (Å²) in [6.07, 6.45) is 2.53. The number of rotatable bonds is 10. The van der Waals surface area contributed by atoms with Crippen LogP contribution in [0.2, 0.25) is 0 Å². The van der Waals surface area contributed by atoms with E-state index in [0.717, 1.165) is 83.4 Å². The molecular weight excluding hydrogens is 508 g/mol. The summed E-state index contributed by atoms with van der Waals surface area (Å²) in [6, 6.07) is 7.80. The molecule has 38 heavy (non-hydrogen) atoms. The quantitative estimate of drug-likeness (QED) is 0.230. The summed E-state index contributed by atoms with van der Waals surface area (Å²) in [6.45, 7) is 9.55. The number of morpholine rings is 1. The number of carboxylic acids is 4. The highest BCUT2D eigenvalue weighted by molar-refractivity contribution is 6.27. The van der Waals surface area contributed by atoms with E-state index in [0.29, 0.717) is 12.7 Å². The van der Waals surface area contributed by atoms with Gasteiger partial charge < -0.3 is 44.3 Å². The molecule has 0 spiro atoms. The summed E-state index contributed by atoms with van der Waals surface area (Å²) in [7, 11) is 1.67. The van der Waals surface area contributed by atoms with E-state index < -0.39 is 23.9 Å². The first-order valence-corrected chi connectivity index (χ1v) is 12.0. The van der Waals surface area contributed by atoms with Crippen molar-refractivity contribution < 1.29 is 58.6 Å². The second-order valence-corrected chi connectivity index (χ2v) is 8.11. The lowest BCUT2D eigenvalue weighted by Crippen LogP contribution is -2.38. The third-order valence-electron chi connectivity index (χ3n) is 5.41. The van der Waals surface area contributed by atoms with Crippen LogP contribution in [-0.2, 0) is 28.7 Å². The van der Waals surface area contributed by atoms with Gasteiger partial charge in [-0.25, -0.2) is 19.2 Å². The summed E-state index contributed by atoms with van der Waals surface area (Å²) < 4.78 is 22.6. The molecule has 14 nitrogen and oxygen atoms in total. The SMILES string of the molecule is COc1ccccc1OCCCN1CCC(OCCN2CCOCC2)C1.O=C(O)C(=O)O.O=C(O)C(=O)O. The van der Waals surface area contributed by atoms with Crippen molar-refractivity contribution in [3.8, 4) is 11.5 Å². The second kappa shape index (κ2) is 18.7. The van der Waals surface area contributed by atoms with Gasteiger partial charge in [0, 0.05) is 39.3 Å². The maximum atomic E-state index is 9.10. The van der Waals surface area contributed by atoms with Gasteiger partial charge in [0.25, 0.3) is 0 Å². The average molecular weight is 545 g/mol. The van der Waals surface area contributed by atoms with E-state index in [1.165, 1.54) is 0 Å². The maximum Gasteiger partial charge on any atom is 0.414 e. The van der Waals surface area contributed by atoms with Crippen molar-refractivity contribution in [3.63, 3.8) is 0 Å². The Morgan fingerprint density at radius 3 is 1.97 bits per heavy atom. The third kappa shape index (κ3) is 14.3. The van der Waals surface area contributed by atoms with Gasteiger partial charge >= 0.3 is 23.9 Å². The zero-order chi connectivity index (χ0) is 28.3. The van der Waals surface area contributed by atoms with E-state index in [9.17, 15) is 0 Å². The minimum atomic E-state index is -1.82. The van der Waals surface area contributed by atoms with E-state index in [2.05, 4.69) is 9.80 Å². The maximum absolute atomic E-state index is 9.10. The highest BCUT2D eigenvalue weighted by atomic mass is 16.5. The number of nitrogens with zero attached hydrogens (tertiary/aromatic N) is 2. The van der Waals surface area contributed by atoms with E-state index in [1.54, 1.807) is 7.11 Å². The van der Waals surface area contributed by atoms with Crippen molar-refractivity contribution in [2.75, 3.05) is 72.8 Å². The smallest absolute Gasteiger partial charge is 0.414 e. The number of ether oxygens (including phenoxy) is 4. The molecule has 1 atom stereocenters. The van der Waals surface area contributed by atoms with Crippen molar-refractivity contribution in [1.29, 1.82) is 0 Å². The summed E-state index contributed by atoms with van der Waals surface area (Å²) >= 11 is 0. The molecule has 0 aromatic heterocycles. The van der Waals surface area contributed by atoms with Gasteiger partial charge in [-0.05, 0) is 25.0 Å². The van der Waals surface area contributed by atoms with Crippen molar-refractivity contribution in [2.24, 2.45) is 0 Å². The van der Waals surface area contributed by atoms with E-state index in [1.807, 2.05) is 24.3 Å². The number of hydrogen-bond acceptors (Lipinski definition) is 10. The van der Waals surface area contributed by atoms with E-state index in [4.69, 9.17) is 58.6 Å². The zero-order valence-corrected chi connectivity index (χ0v) is 21.3. The molecule has 2 aliphatic heterocycles. The lowest BCUT2D eigenvalue weighted by molar-refractivity contribution is -0.159. The fraction of sp³-hybridized carbons (Fsp3) is 0.583. The lowest BCUT2D eigenvalue weighted by atomic mass is 10.3. The number of carboxylic acid groups (broad SMARTS) is 4. The van der Waals surface area contributed by atoms with E-state index >= 15 is 0 Å². The first-order valence-electron chi connectivity index (χ1n) is 12.0. The molecule has 1 unspecified atom stereocenters. The zero-order valence-electron chi connectivity index (χ0n) is 21.3. The van der Waals surface area contributed by atoms with Crippen molar-refractivity contribution in [3.05, 3.63) is 24.3 Å². The van der Waals surface area contributed by atoms with Crippen LogP contribution in [0, 0.1) is 0 Å². The van der Waals surface area contributed by atoms with Gasteiger partial charge in [-0.2, -0.15) is 0 Å². The molecule has 214 valence electrons. The first-order chi connectivity index (χ1) is 18.1. The lowest BCUT2D eigenvalue weighted by Gasteiger charge is -2.26. The van der Waals surface area contributed by atoms with Crippen LogP contribution in [0.15, 0.2) is 24.3 Å². The van der Waals surface area contributed by atoms with Crippen LogP contribution in [0.3, 0.4) is 0 Å². The van der Waals surface area contributed by atoms with Crippen LogP contribution in [0.5, 0.6) is 11.5 Å². The van der Waals surface area contributed by atoms with Crippen molar-refractivity contribution in [1.82, 2.24) is 9.80 Å². The fourth-order valence-electron chi connectivity index (χ4n) is 3.52. The number of aliphatic carboxylic acids is 4. The van der Waals surface area contributed by atoms with Crippen LogP contribution in [0.4, 0.5) is 0 Å². The molecule has 0 radical (unpaired) electrons. The van der Waals surface area contributed by atoms with Gasteiger partial charge in [-0.1, -0.05) is 12.1 Å². The second-order valence-electron chi connectivity index (χ2n) is 8.11. The molecule has 3 rings (SSSR count). The number of likely N-dealkylation sites (tertiary alicyclic amines) is 1. The van der Waals surface area contributed by atoms with Gasteiger partial charge in [0.1, 0.15) is 0 Å².